The van der Waals surface area contributed by atoms with Gasteiger partial charge in [-0.2, -0.15) is 13.2 Å². The second-order valence-corrected chi connectivity index (χ2v) is 9.67. The van der Waals surface area contributed by atoms with Crippen LogP contribution in [0.3, 0.4) is 0 Å². The van der Waals surface area contributed by atoms with Crippen molar-refractivity contribution in [3.05, 3.63) is 23.8 Å². The summed E-state index contributed by atoms with van der Waals surface area (Å²) in [5, 5.41) is 2.78. The topological polar surface area (TPSA) is 57.3 Å². The summed E-state index contributed by atoms with van der Waals surface area (Å²) in [6.45, 7) is 10.3. The van der Waals surface area contributed by atoms with Crippen molar-refractivity contribution < 1.29 is 27.4 Å². The van der Waals surface area contributed by atoms with E-state index in [0.717, 1.165) is 44.6 Å². The van der Waals surface area contributed by atoms with Gasteiger partial charge in [0.05, 0.1) is 42.4 Å². The Labute approximate surface area is 199 Å². The molecule has 1 N–H and O–H groups in total. The average Bonchev–Trinajstić information content (AvgIpc) is 2.79. The van der Waals surface area contributed by atoms with Crippen LogP contribution in [0.4, 0.5) is 29.3 Å². The summed E-state index contributed by atoms with van der Waals surface area (Å²) in [5.74, 6) is 0.499. The molecule has 4 rings (SSSR count). The lowest BCUT2D eigenvalue weighted by Crippen LogP contribution is -2.49. The first-order valence-electron chi connectivity index (χ1n) is 12.2. The first kappa shape index (κ1) is 25.1. The SMILES string of the molecule is CC1CN(CC2CCN(C(=O)Nc3cc(C(F)(F)F)ccc3N3CCOCC3)CC2)CC(C)O1. The Kier molecular flexibility index (Phi) is 7.89. The van der Waals surface area contributed by atoms with E-state index in [1.54, 1.807) is 4.90 Å². The zero-order chi connectivity index (χ0) is 24.3. The number of urea groups is 1. The smallest absolute Gasteiger partial charge is 0.378 e. The minimum Gasteiger partial charge on any atom is -0.378 e. The van der Waals surface area contributed by atoms with Crippen molar-refractivity contribution in [3.63, 3.8) is 0 Å². The number of hydrogen-bond donors (Lipinski definition) is 1. The van der Waals surface area contributed by atoms with Crippen molar-refractivity contribution >= 4 is 17.4 Å². The molecule has 1 aromatic carbocycles. The van der Waals surface area contributed by atoms with Crippen LogP contribution in [-0.2, 0) is 15.7 Å². The molecule has 3 aliphatic heterocycles. The molecule has 1 aromatic rings. The molecule has 0 spiro atoms. The fraction of sp³-hybridized carbons (Fsp3) is 0.708. The van der Waals surface area contributed by atoms with Crippen LogP contribution in [0, 0.1) is 5.92 Å². The number of piperidine rings is 1. The summed E-state index contributed by atoms with van der Waals surface area (Å²) < 4.78 is 51.2. The Morgan fingerprint density at radius 3 is 2.32 bits per heavy atom. The number of alkyl halides is 3. The summed E-state index contributed by atoms with van der Waals surface area (Å²) in [4.78, 5) is 19.1. The zero-order valence-electron chi connectivity index (χ0n) is 19.9. The molecule has 3 heterocycles. The van der Waals surface area contributed by atoms with E-state index in [2.05, 4.69) is 24.1 Å². The lowest BCUT2D eigenvalue weighted by atomic mass is 9.96. The Hall–Kier alpha value is -2.04. The van der Waals surface area contributed by atoms with E-state index in [0.29, 0.717) is 51.0 Å². The predicted octanol–water partition coefficient (Wildman–Crippen LogP) is 3.90. The van der Waals surface area contributed by atoms with Crippen molar-refractivity contribution in [3.8, 4) is 0 Å². The number of ether oxygens (including phenoxy) is 2. The average molecular weight is 485 g/mol. The molecule has 3 saturated heterocycles. The van der Waals surface area contributed by atoms with E-state index in [9.17, 15) is 18.0 Å². The molecule has 10 heteroatoms. The van der Waals surface area contributed by atoms with Gasteiger partial charge in [-0.15, -0.1) is 0 Å². The number of nitrogens with one attached hydrogen (secondary N) is 1. The van der Waals surface area contributed by atoms with Gasteiger partial charge in [0.15, 0.2) is 0 Å². The number of carbonyl (C=O) groups excluding carboxylic acids is 1. The largest absolute Gasteiger partial charge is 0.416 e. The van der Waals surface area contributed by atoms with Crippen LogP contribution in [0.2, 0.25) is 0 Å². The number of amides is 2. The minimum absolute atomic E-state index is 0.195. The number of hydrogen-bond acceptors (Lipinski definition) is 5. The van der Waals surface area contributed by atoms with Gasteiger partial charge in [-0.05, 0) is 50.8 Å². The summed E-state index contributed by atoms with van der Waals surface area (Å²) in [6, 6.07) is 3.21. The number of rotatable bonds is 4. The highest BCUT2D eigenvalue weighted by Gasteiger charge is 2.33. The van der Waals surface area contributed by atoms with Gasteiger partial charge in [-0.25, -0.2) is 4.79 Å². The molecule has 0 aromatic heterocycles. The molecule has 0 aliphatic carbocycles. The third kappa shape index (κ3) is 6.34. The second kappa shape index (κ2) is 10.7. The van der Waals surface area contributed by atoms with Gasteiger partial charge in [0, 0.05) is 45.8 Å². The van der Waals surface area contributed by atoms with Gasteiger partial charge in [-0.1, -0.05) is 0 Å². The standard InChI is InChI=1S/C24H35F3N4O3/c1-17-14-29(15-18(2)34-17)16-19-5-7-31(8-6-19)23(32)28-21-13-20(24(25,26)27)3-4-22(21)30-9-11-33-12-10-30/h3-4,13,17-19H,5-12,14-16H2,1-2H3,(H,28,32). The van der Waals surface area contributed by atoms with E-state index >= 15 is 0 Å². The normalized spacial score (nSPS) is 25.4. The lowest BCUT2D eigenvalue weighted by Gasteiger charge is -2.39. The Balaban J connectivity index is 1.37. The monoisotopic (exact) mass is 484 g/mol. The van der Waals surface area contributed by atoms with Gasteiger partial charge in [-0.3, -0.25) is 4.90 Å². The Morgan fingerprint density at radius 1 is 1.06 bits per heavy atom. The first-order valence-corrected chi connectivity index (χ1v) is 12.2. The van der Waals surface area contributed by atoms with Gasteiger partial charge in [0.1, 0.15) is 0 Å². The summed E-state index contributed by atoms with van der Waals surface area (Å²) in [5.41, 5.74) is 0.0164. The molecule has 0 radical (unpaired) electrons. The molecular formula is C24H35F3N4O3. The fourth-order valence-electron chi connectivity index (χ4n) is 5.20. The molecule has 2 amide bonds. The molecule has 0 saturated carbocycles. The maximum atomic E-state index is 13.3. The van der Waals surface area contributed by atoms with Gasteiger partial charge in [0.25, 0.3) is 0 Å². The minimum atomic E-state index is -4.48. The summed E-state index contributed by atoms with van der Waals surface area (Å²) >= 11 is 0. The quantitative estimate of drug-likeness (QED) is 0.703. The van der Waals surface area contributed by atoms with Crippen molar-refractivity contribution in [2.75, 3.05) is 69.2 Å². The molecule has 34 heavy (non-hydrogen) atoms. The van der Waals surface area contributed by atoms with Crippen molar-refractivity contribution in [1.29, 1.82) is 0 Å². The number of halogens is 3. The third-order valence-electron chi connectivity index (χ3n) is 6.83. The van der Waals surface area contributed by atoms with Crippen LogP contribution >= 0.6 is 0 Å². The van der Waals surface area contributed by atoms with Gasteiger partial charge < -0.3 is 24.6 Å². The van der Waals surface area contributed by atoms with Crippen molar-refractivity contribution in [2.45, 2.75) is 45.1 Å². The zero-order valence-corrected chi connectivity index (χ0v) is 19.9. The van der Waals surface area contributed by atoms with E-state index in [1.807, 2.05) is 4.90 Å². The van der Waals surface area contributed by atoms with E-state index in [1.165, 1.54) is 6.07 Å². The molecule has 2 unspecified atom stereocenters. The van der Waals surface area contributed by atoms with E-state index in [4.69, 9.17) is 9.47 Å². The molecule has 3 fully saturated rings. The van der Waals surface area contributed by atoms with Crippen LogP contribution in [0.15, 0.2) is 18.2 Å². The van der Waals surface area contributed by atoms with E-state index in [-0.39, 0.29) is 23.9 Å². The molecule has 0 bridgehead atoms. The first-order chi connectivity index (χ1) is 16.2. The fourth-order valence-corrected chi connectivity index (χ4v) is 5.20. The molecule has 2 atom stereocenters. The highest BCUT2D eigenvalue weighted by atomic mass is 19.4. The van der Waals surface area contributed by atoms with Crippen LogP contribution < -0.4 is 10.2 Å². The highest BCUT2D eigenvalue weighted by molar-refractivity contribution is 5.93. The van der Waals surface area contributed by atoms with Crippen LogP contribution in [0.25, 0.3) is 0 Å². The second-order valence-electron chi connectivity index (χ2n) is 9.67. The summed E-state index contributed by atoms with van der Waals surface area (Å²) in [6.07, 6.45) is -2.26. The number of benzene rings is 1. The van der Waals surface area contributed by atoms with Crippen LogP contribution in [0.1, 0.15) is 32.3 Å². The Bertz CT molecular complexity index is 829. The molecule has 7 nitrogen and oxygen atoms in total. The predicted molar refractivity (Wildman–Crippen MR) is 124 cm³/mol. The van der Waals surface area contributed by atoms with Crippen molar-refractivity contribution in [1.82, 2.24) is 9.80 Å². The lowest BCUT2D eigenvalue weighted by molar-refractivity contribution is -0.137. The number of carbonyl (C=O) groups is 1. The number of nitrogens with zero attached hydrogens (tertiary/aromatic N) is 3. The van der Waals surface area contributed by atoms with Crippen molar-refractivity contribution in [2.24, 2.45) is 5.92 Å². The molecular weight excluding hydrogens is 449 g/mol. The maximum Gasteiger partial charge on any atom is 0.416 e. The highest BCUT2D eigenvalue weighted by Crippen LogP contribution is 2.36. The number of morpholine rings is 2. The molecule has 3 aliphatic rings. The van der Waals surface area contributed by atoms with Gasteiger partial charge in [0.2, 0.25) is 0 Å². The number of likely N-dealkylation sites (tertiary alicyclic amines) is 1. The summed E-state index contributed by atoms with van der Waals surface area (Å²) in [7, 11) is 0. The van der Waals surface area contributed by atoms with E-state index < -0.39 is 11.7 Å². The van der Waals surface area contributed by atoms with Gasteiger partial charge >= 0.3 is 12.2 Å². The molecule has 190 valence electrons. The Morgan fingerprint density at radius 2 is 1.71 bits per heavy atom. The van der Waals surface area contributed by atoms with Crippen LogP contribution in [0.5, 0.6) is 0 Å². The number of anilines is 2. The maximum absolute atomic E-state index is 13.3. The van der Waals surface area contributed by atoms with Crippen LogP contribution in [-0.4, -0.2) is 87.1 Å². The third-order valence-corrected chi connectivity index (χ3v) is 6.83.